The van der Waals surface area contributed by atoms with E-state index in [0.29, 0.717) is 12.3 Å². The summed E-state index contributed by atoms with van der Waals surface area (Å²) >= 11 is 1.63. The number of carbonyl (C=O) groups is 1. The minimum atomic E-state index is -0.0656. The number of oxazole rings is 1. The lowest BCUT2D eigenvalue weighted by atomic mass is 10.1. The Hall–Kier alpha value is -2.99. The van der Waals surface area contributed by atoms with Crippen LogP contribution in [-0.2, 0) is 11.2 Å². The Labute approximate surface area is 167 Å². The Bertz CT molecular complexity index is 1130. The molecule has 0 aliphatic carbocycles. The Balaban J connectivity index is 1.43. The van der Waals surface area contributed by atoms with Gasteiger partial charge < -0.3 is 9.73 Å². The van der Waals surface area contributed by atoms with Crippen LogP contribution in [0.2, 0.25) is 0 Å². The zero-order valence-electron chi connectivity index (χ0n) is 16.0. The van der Waals surface area contributed by atoms with Gasteiger partial charge in [0.25, 0.3) is 0 Å². The Morgan fingerprint density at radius 2 is 1.93 bits per heavy atom. The first-order chi connectivity index (χ1) is 13.5. The highest BCUT2D eigenvalue weighted by Gasteiger charge is 2.11. The molecule has 2 aromatic carbocycles. The van der Waals surface area contributed by atoms with Crippen molar-refractivity contribution in [2.75, 3.05) is 5.32 Å². The van der Waals surface area contributed by atoms with E-state index >= 15 is 0 Å². The molecule has 0 aliphatic heterocycles. The molecule has 0 atom stereocenters. The van der Waals surface area contributed by atoms with E-state index in [0.717, 1.165) is 38.6 Å². The molecule has 0 saturated heterocycles. The molecule has 0 unspecified atom stereocenters. The quantitative estimate of drug-likeness (QED) is 0.483. The summed E-state index contributed by atoms with van der Waals surface area (Å²) < 4.78 is 5.71. The fourth-order valence-corrected chi connectivity index (χ4v) is 3.57. The van der Waals surface area contributed by atoms with Crippen molar-refractivity contribution in [3.8, 4) is 11.3 Å². The number of nitrogens with zero attached hydrogens (tertiary/aromatic N) is 2. The molecule has 6 heteroatoms. The van der Waals surface area contributed by atoms with Crippen molar-refractivity contribution in [3.05, 3.63) is 64.3 Å². The van der Waals surface area contributed by atoms with Crippen LogP contribution in [0.15, 0.2) is 52.3 Å². The minimum absolute atomic E-state index is 0.0656. The van der Waals surface area contributed by atoms with Crippen molar-refractivity contribution in [3.63, 3.8) is 0 Å². The predicted octanol–water partition coefficient (Wildman–Crippen LogP) is 5.56. The van der Waals surface area contributed by atoms with Crippen LogP contribution in [0, 0.1) is 6.92 Å². The van der Waals surface area contributed by atoms with Crippen LogP contribution in [0.3, 0.4) is 0 Å². The number of hydrogen-bond donors (Lipinski definition) is 1. The smallest absolute Gasteiger partial charge is 0.228 e. The van der Waals surface area contributed by atoms with Crippen LogP contribution in [0.4, 0.5) is 5.69 Å². The molecule has 2 aromatic heterocycles. The second kappa shape index (κ2) is 7.56. The average Bonchev–Trinajstić information content (AvgIpc) is 3.28. The molecule has 0 saturated carbocycles. The Kier molecular flexibility index (Phi) is 4.96. The lowest BCUT2D eigenvalue weighted by Crippen LogP contribution is -2.14. The zero-order valence-corrected chi connectivity index (χ0v) is 16.8. The zero-order chi connectivity index (χ0) is 19.7. The molecule has 0 fully saturated rings. The molecule has 0 radical (unpaired) electrons. The first-order valence-corrected chi connectivity index (χ1v) is 10.1. The first-order valence-electron chi connectivity index (χ1n) is 9.20. The van der Waals surface area contributed by atoms with Crippen LogP contribution in [0.25, 0.3) is 22.4 Å². The van der Waals surface area contributed by atoms with Gasteiger partial charge >= 0.3 is 0 Å². The number of fused-ring (bicyclic) bond motifs is 1. The SMILES string of the molecule is Cc1nc(-c2ccc(CC(=O)Nc3ccc4oc(C(C)C)nc4c3)cc2)cs1. The Morgan fingerprint density at radius 3 is 2.61 bits per heavy atom. The van der Waals surface area contributed by atoms with E-state index < -0.39 is 0 Å². The molecule has 0 aliphatic rings. The molecule has 1 N–H and O–H groups in total. The van der Waals surface area contributed by atoms with Gasteiger partial charge in [-0.1, -0.05) is 38.1 Å². The lowest BCUT2D eigenvalue weighted by Gasteiger charge is -2.06. The van der Waals surface area contributed by atoms with Crippen molar-refractivity contribution in [1.82, 2.24) is 9.97 Å². The first kappa shape index (κ1) is 18.4. The maximum atomic E-state index is 12.4. The number of aryl methyl sites for hydroxylation is 1. The molecule has 1 amide bonds. The van der Waals surface area contributed by atoms with Gasteiger partial charge in [0, 0.05) is 22.5 Å². The van der Waals surface area contributed by atoms with E-state index in [4.69, 9.17) is 4.42 Å². The number of nitrogens with one attached hydrogen (secondary N) is 1. The van der Waals surface area contributed by atoms with Crippen molar-refractivity contribution in [2.45, 2.75) is 33.1 Å². The number of aromatic nitrogens is 2. The molecule has 142 valence electrons. The topological polar surface area (TPSA) is 68.0 Å². The minimum Gasteiger partial charge on any atom is -0.440 e. The van der Waals surface area contributed by atoms with Crippen LogP contribution in [0.5, 0.6) is 0 Å². The molecule has 4 rings (SSSR count). The highest BCUT2D eigenvalue weighted by atomic mass is 32.1. The number of rotatable bonds is 5. The van der Waals surface area contributed by atoms with E-state index in [1.165, 1.54) is 0 Å². The van der Waals surface area contributed by atoms with Crippen molar-refractivity contribution < 1.29 is 9.21 Å². The third-order valence-corrected chi connectivity index (χ3v) is 5.19. The van der Waals surface area contributed by atoms with Crippen LogP contribution in [-0.4, -0.2) is 15.9 Å². The molecule has 4 aromatic rings. The second-order valence-corrected chi connectivity index (χ2v) is 8.13. The summed E-state index contributed by atoms with van der Waals surface area (Å²) in [6, 6.07) is 13.5. The maximum absolute atomic E-state index is 12.4. The summed E-state index contributed by atoms with van der Waals surface area (Å²) in [6.45, 7) is 6.06. The van der Waals surface area contributed by atoms with Gasteiger partial charge in [0.2, 0.25) is 5.91 Å². The van der Waals surface area contributed by atoms with E-state index in [9.17, 15) is 4.79 Å². The number of anilines is 1. The Morgan fingerprint density at radius 1 is 1.14 bits per heavy atom. The summed E-state index contributed by atoms with van der Waals surface area (Å²) in [4.78, 5) is 21.4. The van der Waals surface area contributed by atoms with Gasteiger partial charge in [-0.2, -0.15) is 0 Å². The van der Waals surface area contributed by atoms with Crippen molar-refractivity contribution in [2.24, 2.45) is 0 Å². The molecule has 0 bridgehead atoms. The van der Waals surface area contributed by atoms with E-state index in [1.54, 1.807) is 11.3 Å². The number of benzene rings is 2. The van der Waals surface area contributed by atoms with Gasteiger partial charge in [-0.3, -0.25) is 4.79 Å². The van der Waals surface area contributed by atoms with Crippen molar-refractivity contribution in [1.29, 1.82) is 0 Å². The fourth-order valence-electron chi connectivity index (χ4n) is 2.95. The molecule has 0 spiro atoms. The summed E-state index contributed by atoms with van der Waals surface area (Å²) in [5.41, 5.74) is 5.19. The fraction of sp³-hybridized carbons (Fsp3) is 0.227. The van der Waals surface area contributed by atoms with Crippen molar-refractivity contribution >= 4 is 34.0 Å². The second-order valence-electron chi connectivity index (χ2n) is 7.06. The molecule has 2 heterocycles. The van der Waals surface area contributed by atoms with E-state index in [2.05, 4.69) is 15.3 Å². The highest BCUT2D eigenvalue weighted by Crippen LogP contribution is 2.24. The van der Waals surface area contributed by atoms with Crippen LogP contribution >= 0.6 is 11.3 Å². The van der Waals surface area contributed by atoms with Gasteiger partial charge in [-0.05, 0) is 30.7 Å². The predicted molar refractivity (Wildman–Crippen MR) is 113 cm³/mol. The van der Waals surface area contributed by atoms with Gasteiger partial charge in [0.1, 0.15) is 5.52 Å². The normalized spacial score (nSPS) is 11.3. The summed E-state index contributed by atoms with van der Waals surface area (Å²) in [6.07, 6.45) is 0.310. The van der Waals surface area contributed by atoms with Crippen LogP contribution < -0.4 is 5.32 Å². The monoisotopic (exact) mass is 391 g/mol. The average molecular weight is 391 g/mol. The standard InChI is InChI=1S/C22H21N3O2S/c1-13(2)22-25-18-11-17(8-9-20(18)27-22)24-21(26)10-15-4-6-16(7-5-15)19-12-28-14(3)23-19/h4-9,11-13H,10H2,1-3H3,(H,24,26). The third-order valence-electron chi connectivity index (χ3n) is 4.42. The van der Waals surface area contributed by atoms with Gasteiger partial charge in [0.05, 0.1) is 17.1 Å². The summed E-state index contributed by atoms with van der Waals surface area (Å²) in [5, 5.41) is 6.03. The van der Waals surface area contributed by atoms with Crippen LogP contribution in [0.1, 0.15) is 36.2 Å². The summed E-state index contributed by atoms with van der Waals surface area (Å²) in [7, 11) is 0. The molecule has 28 heavy (non-hydrogen) atoms. The number of amides is 1. The molecule has 5 nitrogen and oxygen atoms in total. The molecular formula is C22H21N3O2S. The third kappa shape index (κ3) is 3.97. The number of carbonyl (C=O) groups excluding carboxylic acids is 1. The van der Waals surface area contributed by atoms with E-state index in [1.807, 2.05) is 68.6 Å². The number of thiazole rings is 1. The lowest BCUT2D eigenvalue weighted by molar-refractivity contribution is -0.115. The maximum Gasteiger partial charge on any atom is 0.228 e. The largest absolute Gasteiger partial charge is 0.440 e. The van der Waals surface area contributed by atoms with E-state index in [-0.39, 0.29) is 11.8 Å². The molecular weight excluding hydrogens is 370 g/mol. The highest BCUT2D eigenvalue weighted by molar-refractivity contribution is 7.09. The van der Waals surface area contributed by atoms with Gasteiger partial charge in [-0.25, -0.2) is 9.97 Å². The van der Waals surface area contributed by atoms with Gasteiger partial charge in [0.15, 0.2) is 11.5 Å². The number of hydrogen-bond acceptors (Lipinski definition) is 5. The van der Waals surface area contributed by atoms with Gasteiger partial charge in [-0.15, -0.1) is 11.3 Å². The summed E-state index contributed by atoms with van der Waals surface area (Å²) in [5.74, 6) is 0.861.